The highest BCUT2D eigenvalue weighted by atomic mass is 35.5. The van der Waals surface area contributed by atoms with Crippen molar-refractivity contribution in [1.82, 2.24) is 0 Å². The lowest BCUT2D eigenvalue weighted by molar-refractivity contribution is 0.203. The van der Waals surface area contributed by atoms with Gasteiger partial charge in [-0.15, -0.1) is 0 Å². The molecule has 2 rings (SSSR count). The quantitative estimate of drug-likeness (QED) is 0.896. The predicted molar refractivity (Wildman–Crippen MR) is 82.9 cm³/mol. The van der Waals surface area contributed by atoms with E-state index >= 15 is 0 Å². The molecule has 21 heavy (non-hydrogen) atoms. The highest BCUT2D eigenvalue weighted by molar-refractivity contribution is 6.31. The molecule has 0 aliphatic heterocycles. The van der Waals surface area contributed by atoms with Crippen molar-refractivity contribution < 1.29 is 14.6 Å². The molecule has 0 bridgehead atoms. The number of aliphatic hydroxyl groups excluding tert-OH is 1. The van der Waals surface area contributed by atoms with Crippen LogP contribution in [0, 0.1) is 12.7 Å². The van der Waals surface area contributed by atoms with E-state index in [1.54, 1.807) is 30.0 Å². The molecule has 1 atom stereocenters. The minimum atomic E-state index is -0.630. The van der Waals surface area contributed by atoms with Crippen LogP contribution in [-0.2, 0) is 0 Å². The molecule has 2 N–H and O–H groups in total. The van der Waals surface area contributed by atoms with Crippen molar-refractivity contribution in [2.45, 2.75) is 20.0 Å². The molecule has 112 valence electrons. The van der Waals surface area contributed by atoms with Crippen molar-refractivity contribution in [2.75, 3.05) is 11.4 Å². The Balaban J connectivity index is 2.49. The number of aromatic hydroxyl groups is 1. The van der Waals surface area contributed by atoms with Crippen molar-refractivity contribution in [1.29, 1.82) is 0 Å². The van der Waals surface area contributed by atoms with Crippen LogP contribution in [0.15, 0.2) is 36.4 Å². The van der Waals surface area contributed by atoms with Crippen LogP contribution in [0.25, 0.3) is 0 Å². The number of halogens is 2. The summed E-state index contributed by atoms with van der Waals surface area (Å²) in [7, 11) is 0. The summed E-state index contributed by atoms with van der Waals surface area (Å²) in [6, 6.07) is 9.54. The maximum atomic E-state index is 13.3. The molecule has 1 unspecified atom stereocenters. The van der Waals surface area contributed by atoms with Gasteiger partial charge in [0.25, 0.3) is 0 Å². The fourth-order valence-corrected chi connectivity index (χ4v) is 2.30. The summed E-state index contributed by atoms with van der Waals surface area (Å²) in [6.45, 7) is 3.76. The van der Waals surface area contributed by atoms with E-state index in [4.69, 9.17) is 11.6 Å². The molecule has 0 aromatic heterocycles. The Labute approximate surface area is 128 Å². The van der Waals surface area contributed by atoms with E-state index in [0.29, 0.717) is 11.4 Å². The third-order valence-electron chi connectivity index (χ3n) is 3.08. The first-order valence-corrected chi connectivity index (χ1v) is 6.96. The molecule has 0 aliphatic carbocycles. The van der Waals surface area contributed by atoms with E-state index in [2.05, 4.69) is 0 Å². The minimum Gasteiger partial charge on any atom is -0.506 e. The molecule has 0 spiro atoms. The lowest BCUT2D eigenvalue weighted by Crippen LogP contribution is -2.26. The molecule has 0 fully saturated rings. The van der Waals surface area contributed by atoms with E-state index in [1.165, 1.54) is 12.1 Å². The number of benzene rings is 2. The molecular weight excluding hydrogens is 293 g/mol. The van der Waals surface area contributed by atoms with Gasteiger partial charge in [-0.1, -0.05) is 17.7 Å². The number of anilines is 2. The molecule has 2 aromatic carbocycles. The Morgan fingerprint density at radius 3 is 2.52 bits per heavy atom. The largest absolute Gasteiger partial charge is 0.506 e. The van der Waals surface area contributed by atoms with Crippen LogP contribution in [0.4, 0.5) is 15.8 Å². The Morgan fingerprint density at radius 2 is 1.95 bits per heavy atom. The number of aryl methyl sites for hydroxylation is 1. The molecule has 0 heterocycles. The SMILES string of the molecule is Cc1ccc(N(CC(C)O)c2ccc(F)c(Cl)c2)c(O)c1. The number of phenols is 1. The van der Waals surface area contributed by atoms with Crippen LogP contribution in [0.3, 0.4) is 0 Å². The predicted octanol–water partition coefficient (Wildman–Crippen LogP) is 4.01. The smallest absolute Gasteiger partial charge is 0.141 e. The molecular formula is C16H17ClFNO2. The Bertz CT molecular complexity index is 646. The third kappa shape index (κ3) is 3.65. The number of rotatable bonds is 4. The number of hydrogen-bond acceptors (Lipinski definition) is 3. The second-order valence-corrected chi connectivity index (χ2v) is 5.46. The highest BCUT2D eigenvalue weighted by Gasteiger charge is 2.16. The molecule has 2 aromatic rings. The number of phenolic OH excluding ortho intramolecular Hbond substituents is 1. The first-order chi connectivity index (χ1) is 9.88. The van der Waals surface area contributed by atoms with Crippen LogP contribution in [0.2, 0.25) is 5.02 Å². The molecule has 0 amide bonds. The molecule has 5 heteroatoms. The lowest BCUT2D eigenvalue weighted by atomic mass is 10.1. The van der Waals surface area contributed by atoms with Gasteiger partial charge in [0.05, 0.1) is 16.8 Å². The third-order valence-corrected chi connectivity index (χ3v) is 3.37. The lowest BCUT2D eigenvalue weighted by Gasteiger charge is -2.27. The fourth-order valence-electron chi connectivity index (χ4n) is 2.12. The molecule has 3 nitrogen and oxygen atoms in total. The fraction of sp³-hybridized carbons (Fsp3) is 0.250. The molecule has 0 aliphatic rings. The van der Waals surface area contributed by atoms with E-state index in [0.717, 1.165) is 5.56 Å². The van der Waals surface area contributed by atoms with Crippen molar-refractivity contribution in [3.05, 3.63) is 52.8 Å². The van der Waals surface area contributed by atoms with E-state index in [1.807, 2.05) is 13.0 Å². The Hall–Kier alpha value is -1.78. The minimum absolute atomic E-state index is 0.00491. The van der Waals surface area contributed by atoms with Crippen molar-refractivity contribution in [3.63, 3.8) is 0 Å². The zero-order chi connectivity index (χ0) is 15.6. The monoisotopic (exact) mass is 309 g/mol. The topological polar surface area (TPSA) is 43.7 Å². The van der Waals surface area contributed by atoms with E-state index < -0.39 is 11.9 Å². The standard InChI is InChI=1S/C16H17ClFNO2/c1-10-3-6-15(16(21)7-10)19(9-11(2)20)12-4-5-14(18)13(17)8-12/h3-8,11,20-21H,9H2,1-2H3. The van der Waals surface area contributed by atoms with Gasteiger partial charge in [0.15, 0.2) is 0 Å². The van der Waals surface area contributed by atoms with Crippen molar-refractivity contribution >= 4 is 23.0 Å². The molecule has 0 saturated carbocycles. The van der Waals surface area contributed by atoms with Crippen LogP contribution >= 0.6 is 11.6 Å². The zero-order valence-corrected chi connectivity index (χ0v) is 12.6. The summed E-state index contributed by atoms with van der Waals surface area (Å²) >= 11 is 5.82. The zero-order valence-electron chi connectivity index (χ0n) is 11.8. The first kappa shape index (κ1) is 15.6. The van der Waals surface area contributed by atoms with Crippen LogP contribution in [0.1, 0.15) is 12.5 Å². The van der Waals surface area contributed by atoms with Crippen LogP contribution in [0.5, 0.6) is 5.75 Å². The summed E-state index contributed by atoms with van der Waals surface area (Å²) < 4.78 is 13.3. The molecule has 0 radical (unpaired) electrons. The number of hydrogen-bond donors (Lipinski definition) is 2. The Morgan fingerprint density at radius 1 is 1.24 bits per heavy atom. The number of nitrogens with zero attached hydrogens (tertiary/aromatic N) is 1. The van der Waals surface area contributed by atoms with Crippen LogP contribution < -0.4 is 4.90 Å². The van der Waals surface area contributed by atoms with Gasteiger partial charge in [0.2, 0.25) is 0 Å². The van der Waals surface area contributed by atoms with E-state index in [-0.39, 0.29) is 17.3 Å². The summed E-state index contributed by atoms with van der Waals surface area (Å²) in [5.74, 6) is -0.415. The maximum Gasteiger partial charge on any atom is 0.141 e. The summed E-state index contributed by atoms with van der Waals surface area (Å²) in [4.78, 5) is 1.70. The van der Waals surface area contributed by atoms with Gasteiger partial charge in [0.1, 0.15) is 11.6 Å². The second kappa shape index (κ2) is 6.33. The normalized spacial score (nSPS) is 12.2. The number of aliphatic hydroxyl groups is 1. The van der Waals surface area contributed by atoms with Gasteiger partial charge in [-0.3, -0.25) is 0 Å². The second-order valence-electron chi connectivity index (χ2n) is 5.05. The van der Waals surface area contributed by atoms with Gasteiger partial charge in [0, 0.05) is 12.2 Å². The van der Waals surface area contributed by atoms with Gasteiger partial charge in [-0.2, -0.15) is 0 Å². The average Bonchev–Trinajstić information content (AvgIpc) is 2.40. The van der Waals surface area contributed by atoms with Crippen molar-refractivity contribution in [3.8, 4) is 5.75 Å². The van der Waals surface area contributed by atoms with Crippen LogP contribution in [-0.4, -0.2) is 22.9 Å². The van der Waals surface area contributed by atoms with Crippen molar-refractivity contribution in [2.24, 2.45) is 0 Å². The molecule has 0 saturated heterocycles. The summed E-state index contributed by atoms with van der Waals surface area (Å²) in [6.07, 6.45) is -0.630. The van der Waals surface area contributed by atoms with Gasteiger partial charge in [-0.25, -0.2) is 4.39 Å². The van der Waals surface area contributed by atoms with Gasteiger partial charge in [-0.05, 0) is 49.7 Å². The maximum absolute atomic E-state index is 13.3. The average molecular weight is 310 g/mol. The van der Waals surface area contributed by atoms with E-state index in [9.17, 15) is 14.6 Å². The highest BCUT2D eigenvalue weighted by Crippen LogP contribution is 2.35. The summed E-state index contributed by atoms with van der Waals surface area (Å²) in [5.41, 5.74) is 2.05. The first-order valence-electron chi connectivity index (χ1n) is 6.58. The van der Waals surface area contributed by atoms with Gasteiger partial charge < -0.3 is 15.1 Å². The Kier molecular flexibility index (Phi) is 4.70. The van der Waals surface area contributed by atoms with Gasteiger partial charge >= 0.3 is 0 Å². The summed E-state index contributed by atoms with van der Waals surface area (Å²) in [5, 5.41) is 19.8.